The number of fused-ring (bicyclic) bond motifs is 3. The predicted molar refractivity (Wildman–Crippen MR) is 129 cm³/mol. The number of amides is 1. The van der Waals surface area contributed by atoms with Crippen molar-refractivity contribution in [2.24, 2.45) is 29.4 Å². The summed E-state index contributed by atoms with van der Waals surface area (Å²) in [6.07, 6.45) is 2.83. The highest BCUT2D eigenvalue weighted by molar-refractivity contribution is 6.32. The van der Waals surface area contributed by atoms with Crippen LogP contribution in [0.3, 0.4) is 0 Å². The summed E-state index contributed by atoms with van der Waals surface area (Å²) in [5, 5.41) is 34.4. The van der Waals surface area contributed by atoms with Gasteiger partial charge in [0.1, 0.15) is 5.75 Å². The second kappa shape index (κ2) is 8.41. The number of benzene rings is 1. The number of aliphatic hydroxyl groups is 2. The third kappa shape index (κ3) is 3.19. The fourth-order valence-corrected chi connectivity index (χ4v) is 7.16. The van der Waals surface area contributed by atoms with E-state index in [4.69, 9.17) is 5.73 Å². The summed E-state index contributed by atoms with van der Waals surface area (Å²) in [6.45, 7) is 1.70. The average molecular weight is 511 g/mol. The molecule has 0 aromatic heterocycles. The summed E-state index contributed by atoms with van der Waals surface area (Å²) >= 11 is 0. The lowest BCUT2D eigenvalue weighted by Crippen LogP contribution is -2.77. The van der Waals surface area contributed by atoms with E-state index in [1.54, 1.807) is 19.1 Å². The number of aromatic hydroxyl groups is 1. The molecule has 5 N–H and O–H groups in total. The molecule has 4 aliphatic rings. The number of carbonyl (C=O) groups excluding carboxylic acids is 5. The maximum absolute atomic E-state index is 14.0. The molecule has 0 heterocycles. The summed E-state index contributed by atoms with van der Waals surface area (Å²) < 4.78 is 0. The molecule has 10 heteroatoms. The number of carbonyl (C=O) groups is 5. The second-order valence-corrected chi connectivity index (χ2v) is 10.9. The van der Waals surface area contributed by atoms with Gasteiger partial charge in [0.05, 0.1) is 29.5 Å². The van der Waals surface area contributed by atoms with Gasteiger partial charge in [-0.15, -0.1) is 0 Å². The number of hydrogen-bond donors (Lipinski definition) is 4. The van der Waals surface area contributed by atoms with E-state index in [0.29, 0.717) is 11.1 Å². The molecule has 0 radical (unpaired) electrons. The molecule has 0 bridgehead atoms. The Hall–Kier alpha value is -3.21. The molecule has 8 atom stereocenters. The normalized spacial score (nSPS) is 37.2. The maximum Gasteiger partial charge on any atom is 0.235 e. The number of Topliss-reactive ketones (excluding diaryl/α,β-unsaturated/α-hetero) is 4. The molecule has 2 fully saturated rings. The van der Waals surface area contributed by atoms with Crippen LogP contribution in [0.4, 0.5) is 0 Å². The minimum Gasteiger partial charge on any atom is -0.507 e. The fraction of sp³-hybridized carbons (Fsp3) is 0.519. The standard InChI is InChI=1S/C27H30N2O8/c1-10-12-8-9-13(11-6-4-5-7-11)20(30)15(12)21(31)16-14(10)22(32)18-19(29(2)3)23(33)17(26(28)36)25(35)27(18,37)24(16)34/h6,8-10,14,16-19,22,30,32,37H,4-5,7H2,1-3H3,(H2,28,36)/t10-,14+,16?,17?,18+,19-,22-,27-/m1/s1. The van der Waals surface area contributed by atoms with Gasteiger partial charge in [-0.3, -0.25) is 28.9 Å². The quantitative estimate of drug-likeness (QED) is 0.407. The largest absolute Gasteiger partial charge is 0.507 e. The summed E-state index contributed by atoms with van der Waals surface area (Å²) in [6, 6.07) is 2.04. The van der Waals surface area contributed by atoms with Gasteiger partial charge in [0.15, 0.2) is 34.7 Å². The Kier molecular flexibility index (Phi) is 5.78. The molecule has 196 valence electrons. The number of ketones is 4. The van der Waals surface area contributed by atoms with Crippen LogP contribution < -0.4 is 5.73 Å². The smallest absolute Gasteiger partial charge is 0.235 e. The Morgan fingerprint density at radius 1 is 1.14 bits per heavy atom. The van der Waals surface area contributed by atoms with Gasteiger partial charge in [-0.25, -0.2) is 0 Å². The molecule has 10 nitrogen and oxygen atoms in total. The molecular formula is C27H30N2O8. The number of rotatable bonds is 3. The van der Waals surface area contributed by atoms with Crippen molar-refractivity contribution < 1.29 is 39.3 Å². The topological polar surface area (TPSA) is 175 Å². The van der Waals surface area contributed by atoms with Crippen LogP contribution >= 0.6 is 0 Å². The van der Waals surface area contributed by atoms with E-state index in [0.717, 1.165) is 24.8 Å². The van der Waals surface area contributed by atoms with Crippen LogP contribution in [0, 0.1) is 23.7 Å². The first kappa shape index (κ1) is 25.4. The van der Waals surface area contributed by atoms with E-state index < -0.39 is 76.4 Å². The van der Waals surface area contributed by atoms with Gasteiger partial charge in [0, 0.05) is 11.5 Å². The highest BCUT2D eigenvalue weighted by atomic mass is 16.3. The van der Waals surface area contributed by atoms with Gasteiger partial charge >= 0.3 is 0 Å². The minimum atomic E-state index is -2.99. The summed E-state index contributed by atoms with van der Waals surface area (Å²) in [7, 11) is 2.92. The number of hydrogen-bond acceptors (Lipinski definition) is 9. The number of phenolic OH excluding ortho intramolecular Hbond substituents is 1. The van der Waals surface area contributed by atoms with Crippen LogP contribution in [0.15, 0.2) is 18.2 Å². The Morgan fingerprint density at radius 2 is 1.81 bits per heavy atom. The van der Waals surface area contributed by atoms with Gasteiger partial charge in [0.2, 0.25) is 5.91 Å². The van der Waals surface area contributed by atoms with E-state index in [-0.39, 0.29) is 11.3 Å². The molecular weight excluding hydrogens is 480 g/mol. The first-order valence-corrected chi connectivity index (χ1v) is 12.4. The van der Waals surface area contributed by atoms with Gasteiger partial charge < -0.3 is 21.1 Å². The van der Waals surface area contributed by atoms with Crippen LogP contribution in [-0.2, 0) is 19.2 Å². The first-order valence-electron chi connectivity index (χ1n) is 12.4. The number of aliphatic hydroxyl groups excluding tert-OH is 1. The summed E-state index contributed by atoms with van der Waals surface area (Å²) in [5.41, 5.74) is 4.07. The van der Waals surface area contributed by atoms with Crippen LogP contribution in [0.5, 0.6) is 5.75 Å². The number of nitrogens with zero attached hydrogens (tertiary/aromatic N) is 1. The van der Waals surface area contributed by atoms with E-state index in [9.17, 15) is 39.3 Å². The first-order chi connectivity index (χ1) is 17.3. The Labute approximate surface area is 213 Å². The Balaban J connectivity index is 1.70. The van der Waals surface area contributed by atoms with Crippen molar-refractivity contribution >= 4 is 34.6 Å². The molecule has 37 heavy (non-hydrogen) atoms. The number of likely N-dealkylation sites (N-methyl/N-ethyl adjacent to an activating group) is 1. The zero-order chi connectivity index (χ0) is 27.1. The van der Waals surface area contributed by atoms with E-state index in [2.05, 4.69) is 0 Å². The van der Waals surface area contributed by atoms with Crippen molar-refractivity contribution in [3.63, 3.8) is 0 Å². The van der Waals surface area contributed by atoms with Crippen molar-refractivity contribution in [2.75, 3.05) is 14.1 Å². The highest BCUT2D eigenvalue weighted by Crippen LogP contribution is 2.55. The minimum absolute atomic E-state index is 0.0726. The van der Waals surface area contributed by atoms with Gasteiger partial charge in [-0.1, -0.05) is 25.1 Å². The SMILES string of the molecule is C[C@@H]1c2ccc(C3=CCCC3)c(O)c2C(=O)C2C(=O)[C@@]3(O)C(=O)C(C(N)=O)C(=O)[C@H](N(C)C)[C@H]3[C@H](O)[C@H]21. The number of nitrogens with two attached hydrogens (primary N) is 1. The summed E-state index contributed by atoms with van der Waals surface area (Å²) in [4.78, 5) is 67.8. The molecule has 1 amide bonds. The molecule has 1 aromatic rings. The Morgan fingerprint density at radius 3 is 2.38 bits per heavy atom. The number of allylic oxidation sites excluding steroid dienone is 2. The second-order valence-electron chi connectivity index (χ2n) is 10.9. The van der Waals surface area contributed by atoms with Crippen molar-refractivity contribution in [3.8, 4) is 5.75 Å². The predicted octanol–water partition coefficient (Wildman–Crippen LogP) is -0.0339. The van der Waals surface area contributed by atoms with Crippen molar-refractivity contribution in [2.45, 2.75) is 49.9 Å². The lowest BCUT2D eigenvalue weighted by atomic mass is 9.49. The van der Waals surface area contributed by atoms with Crippen LogP contribution in [0.1, 0.15) is 53.6 Å². The third-order valence-electron chi connectivity index (χ3n) is 8.88. The van der Waals surface area contributed by atoms with Crippen molar-refractivity contribution in [3.05, 3.63) is 34.9 Å². The van der Waals surface area contributed by atoms with Gasteiger partial charge in [-0.2, -0.15) is 0 Å². The van der Waals surface area contributed by atoms with Crippen molar-refractivity contribution in [1.82, 2.24) is 4.90 Å². The van der Waals surface area contributed by atoms with Crippen molar-refractivity contribution in [1.29, 1.82) is 0 Å². The van der Waals surface area contributed by atoms with Crippen LogP contribution in [-0.4, -0.2) is 81.1 Å². The molecule has 0 aliphatic heterocycles. The lowest BCUT2D eigenvalue weighted by molar-refractivity contribution is -0.196. The number of primary amides is 1. The third-order valence-corrected chi connectivity index (χ3v) is 8.88. The molecule has 4 aliphatic carbocycles. The zero-order valence-electron chi connectivity index (χ0n) is 20.8. The lowest BCUT2D eigenvalue weighted by Gasteiger charge is -2.56. The molecule has 2 unspecified atom stereocenters. The summed E-state index contributed by atoms with van der Waals surface area (Å²) in [5.74, 6) is -13.0. The monoisotopic (exact) mass is 510 g/mol. The van der Waals surface area contributed by atoms with E-state index >= 15 is 0 Å². The van der Waals surface area contributed by atoms with Crippen LogP contribution in [0.2, 0.25) is 0 Å². The Bertz CT molecular complexity index is 1300. The molecule has 2 saturated carbocycles. The maximum atomic E-state index is 14.0. The molecule has 0 spiro atoms. The molecule has 0 saturated heterocycles. The fourth-order valence-electron chi connectivity index (χ4n) is 7.16. The molecule has 5 rings (SSSR count). The van der Waals surface area contributed by atoms with Crippen LogP contribution in [0.25, 0.3) is 5.57 Å². The highest BCUT2D eigenvalue weighted by Gasteiger charge is 2.72. The molecule has 1 aromatic carbocycles. The van der Waals surface area contributed by atoms with E-state index in [1.807, 2.05) is 6.08 Å². The van der Waals surface area contributed by atoms with Gasteiger partial charge in [0.25, 0.3) is 0 Å². The zero-order valence-corrected chi connectivity index (χ0v) is 20.8. The average Bonchev–Trinajstić information content (AvgIpc) is 3.35. The number of phenols is 1. The van der Waals surface area contributed by atoms with E-state index in [1.165, 1.54) is 19.0 Å². The van der Waals surface area contributed by atoms with Gasteiger partial charge in [-0.05, 0) is 50.4 Å².